The second-order valence-electron chi connectivity index (χ2n) is 10.4. The minimum absolute atomic E-state index is 0.0278. The van der Waals surface area contributed by atoms with E-state index >= 15 is 0 Å². The van der Waals surface area contributed by atoms with Crippen LogP contribution in [0.25, 0.3) is 0 Å². The Kier molecular flexibility index (Phi) is 20.4. The van der Waals surface area contributed by atoms with E-state index < -0.39 is 32.5 Å². The van der Waals surface area contributed by atoms with Crippen LogP contribution in [0.15, 0.2) is 0 Å². The summed E-state index contributed by atoms with van der Waals surface area (Å²) in [5, 5.41) is 0. The molecule has 10 heteroatoms. The zero-order valence-corrected chi connectivity index (χ0v) is 24.4. The molecule has 0 fully saturated rings. The number of hydrogen-bond acceptors (Lipinski definition) is 8. The van der Waals surface area contributed by atoms with Gasteiger partial charge in [-0.25, -0.2) is 0 Å². The summed E-state index contributed by atoms with van der Waals surface area (Å²) >= 11 is 0. The quantitative estimate of drug-likeness (QED) is 0.0719. The van der Waals surface area contributed by atoms with E-state index in [1.54, 1.807) is 0 Å². The van der Waals surface area contributed by atoms with Gasteiger partial charge in [0.2, 0.25) is 0 Å². The molecule has 2 atom stereocenters. The van der Waals surface area contributed by atoms with Gasteiger partial charge in [-0.2, -0.15) is 0 Å². The summed E-state index contributed by atoms with van der Waals surface area (Å²) in [6.45, 7) is 4.03. The van der Waals surface area contributed by atoms with Crippen LogP contribution in [0.4, 0.5) is 0 Å². The molecule has 0 aliphatic heterocycles. The van der Waals surface area contributed by atoms with E-state index in [2.05, 4.69) is 13.8 Å². The van der Waals surface area contributed by atoms with Crippen molar-refractivity contribution < 1.29 is 42.1 Å². The minimum Gasteiger partial charge on any atom is -0.756 e. The highest BCUT2D eigenvalue weighted by Gasteiger charge is 2.21. The fraction of sp³-hybridized carbons (Fsp3) is 0.923. The number of phosphoric acid groups is 1. The van der Waals surface area contributed by atoms with Crippen molar-refractivity contribution in [3.8, 4) is 0 Å². The molecule has 0 spiro atoms. The number of nitrogens with zero attached hydrogens (tertiary/aromatic N) is 1. The molecule has 0 N–H and O–H groups in total. The van der Waals surface area contributed by atoms with Crippen LogP contribution in [0.3, 0.4) is 0 Å². The first-order valence-corrected chi connectivity index (χ1v) is 15.2. The molecule has 214 valence electrons. The van der Waals surface area contributed by atoms with Gasteiger partial charge in [0.05, 0.1) is 27.7 Å². The topological polar surface area (TPSA) is 111 Å². The lowest BCUT2D eigenvalue weighted by Crippen LogP contribution is -2.37. The average molecular weight is 538 g/mol. The molecule has 0 radical (unpaired) electrons. The van der Waals surface area contributed by atoms with E-state index in [-0.39, 0.29) is 26.1 Å². The third-order valence-electron chi connectivity index (χ3n) is 5.63. The Labute approximate surface area is 219 Å². The predicted molar refractivity (Wildman–Crippen MR) is 139 cm³/mol. The van der Waals surface area contributed by atoms with Crippen LogP contribution >= 0.6 is 7.82 Å². The fourth-order valence-electron chi connectivity index (χ4n) is 3.36. The number of rotatable bonds is 24. The maximum absolute atomic E-state index is 12.3. The SMILES string of the molecule is CCCCCCCCCC(=O)O[C@H](COC(=O)CCCCCCC)COP(=O)([O-])OCC[N+](C)(C)C. The molecule has 0 aromatic carbocycles. The van der Waals surface area contributed by atoms with Gasteiger partial charge in [0.15, 0.2) is 6.10 Å². The Morgan fingerprint density at radius 2 is 1.25 bits per heavy atom. The lowest BCUT2D eigenvalue weighted by molar-refractivity contribution is -0.870. The maximum Gasteiger partial charge on any atom is 0.306 e. The minimum atomic E-state index is -4.58. The molecular weight excluding hydrogens is 485 g/mol. The van der Waals surface area contributed by atoms with Crippen molar-refractivity contribution in [1.29, 1.82) is 0 Å². The molecular formula is C26H52NO8P. The summed E-state index contributed by atoms with van der Waals surface area (Å²) in [6, 6.07) is 0. The molecule has 0 saturated heterocycles. The number of likely N-dealkylation sites (N-methyl/N-ethyl adjacent to an activating group) is 1. The first kappa shape index (κ1) is 35.0. The number of ether oxygens (including phenoxy) is 2. The zero-order chi connectivity index (χ0) is 27.3. The molecule has 1 unspecified atom stereocenters. The molecule has 0 aliphatic rings. The first-order valence-electron chi connectivity index (χ1n) is 13.7. The Morgan fingerprint density at radius 3 is 1.78 bits per heavy atom. The summed E-state index contributed by atoms with van der Waals surface area (Å²) in [5.41, 5.74) is 0. The molecule has 0 amide bonds. The monoisotopic (exact) mass is 537 g/mol. The van der Waals surface area contributed by atoms with Crippen molar-refractivity contribution in [2.45, 2.75) is 110 Å². The summed E-state index contributed by atoms with van der Waals surface area (Å²) in [5.74, 6) is -0.858. The van der Waals surface area contributed by atoms with E-state index in [0.717, 1.165) is 51.4 Å². The van der Waals surface area contributed by atoms with Crippen molar-refractivity contribution >= 4 is 19.8 Å². The Balaban J connectivity index is 4.60. The van der Waals surface area contributed by atoms with Gasteiger partial charge >= 0.3 is 11.9 Å². The summed E-state index contributed by atoms with van der Waals surface area (Å²) in [4.78, 5) is 36.5. The zero-order valence-electron chi connectivity index (χ0n) is 23.5. The van der Waals surface area contributed by atoms with Gasteiger partial charge in [-0.3, -0.25) is 14.2 Å². The van der Waals surface area contributed by atoms with E-state index in [0.29, 0.717) is 17.4 Å². The molecule has 9 nitrogen and oxygen atoms in total. The standard InChI is InChI=1S/C26H52NO8P/c1-6-8-10-12-13-15-17-19-26(29)35-24(22-32-25(28)18-16-14-11-9-7-2)23-34-36(30,31)33-21-20-27(3,4)5/h24H,6-23H2,1-5H3/t24-/m1/s1. The van der Waals surface area contributed by atoms with E-state index in [4.69, 9.17) is 18.5 Å². The smallest absolute Gasteiger partial charge is 0.306 e. The van der Waals surface area contributed by atoms with Crippen molar-refractivity contribution in [1.82, 2.24) is 0 Å². The second kappa shape index (κ2) is 21.0. The van der Waals surface area contributed by atoms with Crippen LogP contribution in [0.1, 0.15) is 104 Å². The number of quaternary nitrogens is 1. The van der Waals surface area contributed by atoms with E-state index in [9.17, 15) is 19.0 Å². The maximum atomic E-state index is 12.3. The van der Waals surface area contributed by atoms with Gasteiger partial charge in [0.25, 0.3) is 7.82 Å². The summed E-state index contributed by atoms with van der Waals surface area (Å²) in [7, 11) is 1.16. The molecule has 0 aliphatic carbocycles. The highest BCUT2D eigenvalue weighted by Crippen LogP contribution is 2.38. The molecule has 0 heterocycles. The number of carbonyl (C=O) groups is 2. The first-order chi connectivity index (χ1) is 17.0. The third-order valence-corrected chi connectivity index (χ3v) is 6.59. The Hall–Kier alpha value is -0.990. The van der Waals surface area contributed by atoms with Crippen LogP contribution < -0.4 is 4.89 Å². The van der Waals surface area contributed by atoms with Gasteiger partial charge in [0, 0.05) is 12.8 Å². The van der Waals surface area contributed by atoms with Gasteiger partial charge < -0.3 is 27.9 Å². The van der Waals surface area contributed by atoms with Crippen molar-refractivity contribution in [2.24, 2.45) is 0 Å². The second-order valence-corrected chi connectivity index (χ2v) is 11.8. The molecule has 0 aromatic rings. The van der Waals surface area contributed by atoms with Crippen molar-refractivity contribution in [2.75, 3.05) is 47.5 Å². The normalized spacial score (nSPS) is 14.3. The van der Waals surface area contributed by atoms with Crippen LogP contribution in [0, 0.1) is 0 Å². The lowest BCUT2D eigenvalue weighted by atomic mass is 10.1. The van der Waals surface area contributed by atoms with Crippen LogP contribution in [0.5, 0.6) is 0 Å². The number of esters is 2. The molecule has 36 heavy (non-hydrogen) atoms. The van der Waals surface area contributed by atoms with Crippen LogP contribution in [-0.4, -0.2) is 70.0 Å². The van der Waals surface area contributed by atoms with E-state index in [1.807, 2.05) is 21.1 Å². The summed E-state index contributed by atoms with van der Waals surface area (Å²) < 4.78 is 33.2. The molecule has 0 saturated carbocycles. The van der Waals surface area contributed by atoms with Crippen LogP contribution in [-0.2, 0) is 32.7 Å². The highest BCUT2D eigenvalue weighted by atomic mass is 31.2. The average Bonchev–Trinajstić information content (AvgIpc) is 2.79. The van der Waals surface area contributed by atoms with Gasteiger partial charge in [-0.15, -0.1) is 0 Å². The van der Waals surface area contributed by atoms with Crippen molar-refractivity contribution in [3.05, 3.63) is 0 Å². The molecule has 0 aromatic heterocycles. The Bertz CT molecular complexity index is 624. The molecule has 0 rings (SSSR count). The predicted octanol–water partition coefficient (Wildman–Crippen LogP) is 5.15. The third kappa shape index (κ3) is 23.4. The number of carbonyl (C=O) groups excluding carboxylic acids is 2. The highest BCUT2D eigenvalue weighted by molar-refractivity contribution is 7.45. The molecule has 0 bridgehead atoms. The Morgan fingerprint density at radius 1 is 0.750 bits per heavy atom. The number of phosphoric ester groups is 1. The van der Waals surface area contributed by atoms with Crippen LogP contribution in [0.2, 0.25) is 0 Å². The lowest BCUT2D eigenvalue weighted by Gasteiger charge is -2.28. The number of unbranched alkanes of at least 4 members (excludes halogenated alkanes) is 10. The van der Waals surface area contributed by atoms with Gasteiger partial charge in [-0.1, -0.05) is 78.1 Å². The summed E-state index contributed by atoms with van der Waals surface area (Å²) in [6.07, 6.45) is 12.0. The van der Waals surface area contributed by atoms with E-state index in [1.165, 1.54) is 19.3 Å². The van der Waals surface area contributed by atoms with Gasteiger partial charge in [0.1, 0.15) is 19.8 Å². The van der Waals surface area contributed by atoms with Gasteiger partial charge in [-0.05, 0) is 12.8 Å². The van der Waals surface area contributed by atoms with Crippen molar-refractivity contribution in [3.63, 3.8) is 0 Å². The number of hydrogen-bond donors (Lipinski definition) is 0. The fourth-order valence-corrected chi connectivity index (χ4v) is 4.09. The largest absolute Gasteiger partial charge is 0.756 e.